The van der Waals surface area contributed by atoms with Crippen LogP contribution in [0.15, 0.2) is 30.3 Å². The van der Waals surface area contributed by atoms with Gasteiger partial charge in [-0.3, -0.25) is 0 Å². The van der Waals surface area contributed by atoms with Crippen molar-refractivity contribution in [3.05, 3.63) is 35.9 Å². The van der Waals surface area contributed by atoms with Crippen molar-refractivity contribution >= 4 is 0 Å². The molecule has 0 radical (unpaired) electrons. The zero-order chi connectivity index (χ0) is 12.9. The third kappa shape index (κ3) is 7.92. The third-order valence-corrected chi connectivity index (χ3v) is 2.82. The summed E-state index contributed by atoms with van der Waals surface area (Å²) in [7, 11) is 0. The molecule has 98 valence electrons. The highest BCUT2D eigenvalue weighted by Crippen LogP contribution is 2.04. The zero-order valence-electron chi connectivity index (χ0n) is 11.5. The molecule has 0 aromatic heterocycles. The van der Waals surface area contributed by atoms with Crippen LogP contribution in [0.4, 0.5) is 0 Å². The van der Waals surface area contributed by atoms with Crippen LogP contribution >= 0.6 is 0 Å². The fourth-order valence-electron chi connectivity index (χ4n) is 1.77. The van der Waals surface area contributed by atoms with Crippen LogP contribution in [-0.4, -0.2) is 13.2 Å². The molecule has 1 heteroatoms. The lowest BCUT2D eigenvalue weighted by Gasteiger charge is -2.00. The third-order valence-electron chi connectivity index (χ3n) is 2.82. The van der Waals surface area contributed by atoms with Gasteiger partial charge in [-0.2, -0.15) is 0 Å². The van der Waals surface area contributed by atoms with E-state index in [0.29, 0.717) is 6.61 Å². The summed E-state index contributed by atoms with van der Waals surface area (Å²) in [5, 5.41) is 0. The fourth-order valence-corrected chi connectivity index (χ4v) is 1.77. The van der Waals surface area contributed by atoms with E-state index in [1.54, 1.807) is 0 Å². The second kappa shape index (κ2) is 10.9. The van der Waals surface area contributed by atoms with Crippen LogP contribution in [0.2, 0.25) is 0 Å². The van der Waals surface area contributed by atoms with Gasteiger partial charge in [-0.15, -0.1) is 0 Å². The van der Waals surface area contributed by atoms with Crippen molar-refractivity contribution in [1.29, 1.82) is 0 Å². The van der Waals surface area contributed by atoms with Crippen LogP contribution in [-0.2, 0) is 4.74 Å². The van der Waals surface area contributed by atoms with Gasteiger partial charge < -0.3 is 4.74 Å². The smallest absolute Gasteiger partial charge is 0.108 e. The number of hydrogen-bond donors (Lipinski definition) is 0. The Morgan fingerprint density at radius 3 is 2.44 bits per heavy atom. The van der Waals surface area contributed by atoms with E-state index < -0.39 is 0 Å². The first kappa shape index (κ1) is 14.8. The first-order valence-electron chi connectivity index (χ1n) is 7.05. The van der Waals surface area contributed by atoms with Crippen molar-refractivity contribution in [1.82, 2.24) is 0 Å². The van der Waals surface area contributed by atoms with Crippen LogP contribution < -0.4 is 0 Å². The van der Waals surface area contributed by atoms with E-state index in [-0.39, 0.29) is 0 Å². The number of rotatable bonds is 8. The summed E-state index contributed by atoms with van der Waals surface area (Å²) in [6, 6.07) is 10.0. The second-order valence-corrected chi connectivity index (χ2v) is 4.49. The summed E-state index contributed by atoms with van der Waals surface area (Å²) in [5.41, 5.74) is 1.06. The first-order valence-corrected chi connectivity index (χ1v) is 7.05. The summed E-state index contributed by atoms with van der Waals surface area (Å²) in [4.78, 5) is 0. The summed E-state index contributed by atoms with van der Waals surface area (Å²) in [6.07, 6.45) is 7.83. The monoisotopic (exact) mass is 244 g/mol. The zero-order valence-corrected chi connectivity index (χ0v) is 11.5. The maximum Gasteiger partial charge on any atom is 0.108 e. The Morgan fingerprint density at radius 1 is 0.944 bits per heavy atom. The molecule has 1 rings (SSSR count). The van der Waals surface area contributed by atoms with Crippen LogP contribution in [0, 0.1) is 11.8 Å². The number of hydrogen-bond acceptors (Lipinski definition) is 1. The highest BCUT2D eigenvalue weighted by atomic mass is 16.5. The minimum atomic E-state index is 0.545. The van der Waals surface area contributed by atoms with Crippen LogP contribution in [0.1, 0.15) is 51.0 Å². The molecule has 0 saturated carbocycles. The highest BCUT2D eigenvalue weighted by molar-refractivity contribution is 5.33. The van der Waals surface area contributed by atoms with Gasteiger partial charge >= 0.3 is 0 Å². The topological polar surface area (TPSA) is 9.23 Å². The maximum absolute atomic E-state index is 5.49. The molecule has 0 unspecified atom stereocenters. The van der Waals surface area contributed by atoms with Gasteiger partial charge in [0.25, 0.3) is 0 Å². The first-order chi connectivity index (χ1) is 8.93. The van der Waals surface area contributed by atoms with E-state index in [2.05, 4.69) is 18.8 Å². The van der Waals surface area contributed by atoms with E-state index in [0.717, 1.165) is 18.6 Å². The van der Waals surface area contributed by atoms with Crippen molar-refractivity contribution < 1.29 is 4.74 Å². The van der Waals surface area contributed by atoms with Gasteiger partial charge in [0.05, 0.1) is 0 Å². The molecular formula is C17H24O. The molecule has 0 aliphatic heterocycles. The van der Waals surface area contributed by atoms with Crippen molar-refractivity contribution in [3.8, 4) is 11.8 Å². The fraction of sp³-hybridized carbons (Fsp3) is 0.529. The Balaban J connectivity index is 1.94. The van der Waals surface area contributed by atoms with E-state index in [9.17, 15) is 0 Å². The normalized spacial score (nSPS) is 9.83. The average Bonchev–Trinajstić information content (AvgIpc) is 2.42. The lowest BCUT2D eigenvalue weighted by Crippen LogP contribution is -1.94. The lowest BCUT2D eigenvalue weighted by molar-refractivity contribution is 0.161. The van der Waals surface area contributed by atoms with E-state index in [1.165, 1.54) is 32.1 Å². The minimum Gasteiger partial charge on any atom is -0.369 e. The van der Waals surface area contributed by atoms with Crippen molar-refractivity contribution in [2.24, 2.45) is 0 Å². The van der Waals surface area contributed by atoms with Gasteiger partial charge in [-0.1, -0.05) is 69.1 Å². The van der Waals surface area contributed by atoms with Crippen molar-refractivity contribution in [2.45, 2.75) is 45.4 Å². The molecule has 1 aromatic carbocycles. The van der Waals surface area contributed by atoms with Crippen LogP contribution in [0.5, 0.6) is 0 Å². The summed E-state index contributed by atoms with van der Waals surface area (Å²) >= 11 is 0. The van der Waals surface area contributed by atoms with E-state index in [4.69, 9.17) is 4.74 Å². The largest absolute Gasteiger partial charge is 0.369 e. The molecule has 0 heterocycles. The number of ether oxygens (including phenoxy) is 1. The Kier molecular flexibility index (Phi) is 8.93. The van der Waals surface area contributed by atoms with E-state index >= 15 is 0 Å². The van der Waals surface area contributed by atoms with Gasteiger partial charge in [0.15, 0.2) is 0 Å². The Labute approximate surface area is 112 Å². The van der Waals surface area contributed by atoms with E-state index in [1.807, 2.05) is 30.3 Å². The standard InChI is InChI=1S/C17H24O/c1-2-3-4-5-6-10-15-18-16-11-14-17-12-8-7-9-13-17/h7-9,12-13H,2-6,10,15-16H2,1H3. The van der Waals surface area contributed by atoms with Gasteiger partial charge in [-0.05, 0) is 18.6 Å². The maximum atomic E-state index is 5.49. The molecule has 0 N–H and O–H groups in total. The molecule has 0 amide bonds. The van der Waals surface area contributed by atoms with Crippen molar-refractivity contribution in [2.75, 3.05) is 13.2 Å². The molecule has 0 fully saturated rings. The Hall–Kier alpha value is -1.26. The Bertz CT molecular complexity index is 345. The molecule has 0 atom stereocenters. The van der Waals surface area contributed by atoms with Gasteiger partial charge in [-0.25, -0.2) is 0 Å². The van der Waals surface area contributed by atoms with Crippen LogP contribution in [0.3, 0.4) is 0 Å². The molecule has 0 saturated heterocycles. The predicted molar refractivity (Wildman–Crippen MR) is 77.5 cm³/mol. The summed E-state index contributed by atoms with van der Waals surface area (Å²) in [5.74, 6) is 6.13. The predicted octanol–water partition coefficient (Wildman–Crippen LogP) is 4.42. The molecule has 0 aliphatic rings. The molecular weight excluding hydrogens is 220 g/mol. The molecule has 18 heavy (non-hydrogen) atoms. The molecule has 0 aliphatic carbocycles. The second-order valence-electron chi connectivity index (χ2n) is 4.49. The average molecular weight is 244 g/mol. The lowest BCUT2D eigenvalue weighted by atomic mass is 10.1. The minimum absolute atomic E-state index is 0.545. The number of benzene rings is 1. The van der Waals surface area contributed by atoms with Crippen molar-refractivity contribution in [3.63, 3.8) is 0 Å². The highest BCUT2D eigenvalue weighted by Gasteiger charge is 1.89. The van der Waals surface area contributed by atoms with Gasteiger partial charge in [0, 0.05) is 12.2 Å². The molecule has 0 bridgehead atoms. The van der Waals surface area contributed by atoms with Gasteiger partial charge in [0.2, 0.25) is 0 Å². The van der Waals surface area contributed by atoms with Gasteiger partial charge in [0.1, 0.15) is 6.61 Å². The van der Waals surface area contributed by atoms with Crippen LogP contribution in [0.25, 0.3) is 0 Å². The number of unbranched alkanes of at least 4 members (excludes halogenated alkanes) is 5. The molecule has 0 spiro atoms. The quantitative estimate of drug-likeness (QED) is 0.486. The molecule has 1 nitrogen and oxygen atoms in total. The summed E-state index contributed by atoms with van der Waals surface area (Å²) < 4.78 is 5.49. The Morgan fingerprint density at radius 2 is 1.67 bits per heavy atom. The summed E-state index contributed by atoms with van der Waals surface area (Å²) in [6.45, 7) is 3.63. The SMILES string of the molecule is CCCCCCCCOCC#Cc1ccccc1. The molecule has 1 aromatic rings.